The molecule has 0 saturated carbocycles. The quantitative estimate of drug-likeness (QED) is 0.315. The molecule has 18 heavy (non-hydrogen) atoms. The highest BCUT2D eigenvalue weighted by molar-refractivity contribution is 6.02. The number of carboxylic acids is 1. The molecule has 3 N–H and O–H groups in total. The maximum absolute atomic E-state index is 11.2. The molecule has 0 aliphatic heterocycles. The number of nitro benzene ring substituents is 1. The van der Waals surface area contributed by atoms with E-state index in [0.29, 0.717) is 6.08 Å². The van der Waals surface area contributed by atoms with Crippen LogP contribution in [0.3, 0.4) is 0 Å². The smallest absolute Gasteiger partial charge is 0.328 e. The number of carbonyl (C=O) groups excluding carboxylic acids is 1. The summed E-state index contributed by atoms with van der Waals surface area (Å²) >= 11 is 0. The fourth-order valence-corrected chi connectivity index (χ4v) is 1.08. The zero-order chi connectivity index (χ0) is 13.7. The molecule has 1 aromatic rings. The average Bonchev–Trinajstić information content (AvgIpc) is 2.28. The monoisotopic (exact) mass is 252 g/mol. The number of nitrogens with one attached hydrogen (secondary N) is 1. The van der Waals surface area contributed by atoms with Crippen molar-refractivity contribution in [3.63, 3.8) is 0 Å². The van der Waals surface area contributed by atoms with Crippen LogP contribution >= 0.6 is 0 Å². The molecule has 0 fully saturated rings. The Hall–Kier alpha value is -2.90. The van der Waals surface area contributed by atoms with Gasteiger partial charge in [-0.15, -0.1) is 0 Å². The van der Waals surface area contributed by atoms with Crippen molar-refractivity contribution in [1.82, 2.24) is 0 Å². The summed E-state index contributed by atoms with van der Waals surface area (Å²) in [6.07, 6.45) is 1.39. The minimum atomic E-state index is -1.29. The average molecular weight is 252 g/mol. The van der Waals surface area contributed by atoms with Crippen LogP contribution in [0.1, 0.15) is 0 Å². The molecular weight excluding hydrogens is 244 g/mol. The van der Waals surface area contributed by atoms with Crippen molar-refractivity contribution in [2.75, 3.05) is 5.32 Å². The second-order valence-electron chi connectivity index (χ2n) is 3.12. The molecule has 0 heterocycles. The van der Waals surface area contributed by atoms with Crippen LogP contribution in [0.15, 0.2) is 30.4 Å². The molecule has 0 saturated heterocycles. The van der Waals surface area contributed by atoms with Crippen LogP contribution < -0.4 is 5.32 Å². The fraction of sp³-hybridized carbons (Fsp3) is 0. The number of hydrogen-bond acceptors (Lipinski definition) is 5. The number of carboxylic acid groups (broad SMARTS) is 1. The number of nitro groups is 1. The zero-order valence-electron chi connectivity index (χ0n) is 8.86. The Labute approximate surface area is 100 Å². The number of carbonyl (C=O) groups is 2. The number of rotatable bonds is 4. The van der Waals surface area contributed by atoms with E-state index in [-0.39, 0.29) is 5.69 Å². The SMILES string of the molecule is O=C(O)/C=C\C(=O)Nc1ccc(O)c([N+](=O)[O-])c1. The lowest BCUT2D eigenvalue weighted by Crippen LogP contribution is -2.08. The van der Waals surface area contributed by atoms with Gasteiger partial charge in [0.1, 0.15) is 0 Å². The molecule has 0 bridgehead atoms. The van der Waals surface area contributed by atoms with Gasteiger partial charge in [-0.25, -0.2) is 4.79 Å². The lowest BCUT2D eigenvalue weighted by molar-refractivity contribution is -0.385. The molecule has 1 aromatic carbocycles. The van der Waals surface area contributed by atoms with Crippen LogP contribution in [0.25, 0.3) is 0 Å². The Morgan fingerprint density at radius 2 is 2.00 bits per heavy atom. The van der Waals surface area contributed by atoms with E-state index >= 15 is 0 Å². The van der Waals surface area contributed by atoms with E-state index in [4.69, 9.17) is 10.2 Å². The van der Waals surface area contributed by atoms with Gasteiger partial charge in [0.05, 0.1) is 4.92 Å². The number of aliphatic carboxylic acids is 1. The van der Waals surface area contributed by atoms with Gasteiger partial charge in [0.15, 0.2) is 5.75 Å². The maximum atomic E-state index is 11.2. The topological polar surface area (TPSA) is 130 Å². The number of nitrogens with zero attached hydrogens (tertiary/aromatic N) is 1. The van der Waals surface area contributed by atoms with Gasteiger partial charge in [-0.2, -0.15) is 0 Å². The van der Waals surface area contributed by atoms with E-state index in [1.807, 2.05) is 0 Å². The summed E-state index contributed by atoms with van der Waals surface area (Å²) in [6, 6.07) is 3.26. The Morgan fingerprint density at radius 1 is 1.33 bits per heavy atom. The predicted octanol–water partition coefficient (Wildman–Crippen LogP) is 0.880. The number of aromatic hydroxyl groups is 1. The summed E-state index contributed by atoms with van der Waals surface area (Å²) < 4.78 is 0. The van der Waals surface area contributed by atoms with Crippen molar-refractivity contribution in [2.45, 2.75) is 0 Å². The Morgan fingerprint density at radius 3 is 2.56 bits per heavy atom. The summed E-state index contributed by atoms with van der Waals surface area (Å²) in [5.74, 6) is -2.57. The van der Waals surface area contributed by atoms with Crippen LogP contribution in [0.4, 0.5) is 11.4 Å². The first-order valence-electron chi connectivity index (χ1n) is 4.59. The fourth-order valence-electron chi connectivity index (χ4n) is 1.08. The van der Waals surface area contributed by atoms with E-state index in [9.17, 15) is 19.7 Å². The second kappa shape index (κ2) is 5.43. The third-order valence-corrected chi connectivity index (χ3v) is 1.82. The largest absolute Gasteiger partial charge is 0.502 e. The van der Waals surface area contributed by atoms with E-state index < -0.39 is 28.2 Å². The number of phenolic OH excluding ortho intramolecular Hbond substituents is 1. The molecule has 8 heteroatoms. The number of anilines is 1. The van der Waals surface area contributed by atoms with Gasteiger partial charge in [-0.3, -0.25) is 14.9 Å². The number of amides is 1. The molecule has 0 unspecified atom stereocenters. The molecule has 0 spiro atoms. The summed E-state index contributed by atoms with van der Waals surface area (Å²) in [5.41, 5.74) is -0.491. The van der Waals surface area contributed by atoms with Crippen LogP contribution in [0.2, 0.25) is 0 Å². The summed E-state index contributed by atoms with van der Waals surface area (Å²) in [6.45, 7) is 0. The highest BCUT2D eigenvalue weighted by Crippen LogP contribution is 2.28. The molecule has 0 radical (unpaired) electrons. The van der Waals surface area contributed by atoms with Crippen molar-refractivity contribution in [1.29, 1.82) is 0 Å². The summed E-state index contributed by atoms with van der Waals surface area (Å²) in [5, 5.41) is 30.2. The third-order valence-electron chi connectivity index (χ3n) is 1.82. The van der Waals surface area contributed by atoms with Gasteiger partial charge in [-0.05, 0) is 12.1 Å². The minimum absolute atomic E-state index is 0.0690. The van der Waals surface area contributed by atoms with Crippen molar-refractivity contribution < 1.29 is 24.7 Å². The maximum Gasteiger partial charge on any atom is 0.328 e. The van der Waals surface area contributed by atoms with E-state index in [1.54, 1.807) is 0 Å². The van der Waals surface area contributed by atoms with Crippen LogP contribution in [-0.2, 0) is 9.59 Å². The first-order chi connectivity index (χ1) is 8.40. The molecule has 8 nitrogen and oxygen atoms in total. The van der Waals surface area contributed by atoms with Crippen LogP contribution in [0, 0.1) is 10.1 Å². The molecule has 0 aliphatic rings. The lowest BCUT2D eigenvalue weighted by atomic mass is 10.2. The molecule has 1 rings (SSSR count). The molecular formula is C10H8N2O6. The summed E-state index contributed by atoms with van der Waals surface area (Å²) in [4.78, 5) is 31.1. The van der Waals surface area contributed by atoms with Crippen molar-refractivity contribution in [2.24, 2.45) is 0 Å². The number of phenols is 1. The highest BCUT2D eigenvalue weighted by Gasteiger charge is 2.14. The van der Waals surface area contributed by atoms with Crippen LogP contribution in [0.5, 0.6) is 5.75 Å². The van der Waals surface area contributed by atoms with E-state index in [1.165, 1.54) is 6.07 Å². The standard InChI is InChI=1S/C10H8N2O6/c13-8-2-1-6(5-7(8)12(17)18)11-9(14)3-4-10(15)16/h1-5,13H,(H,11,14)(H,15,16)/b4-3-. The molecule has 0 aliphatic carbocycles. The van der Waals surface area contributed by atoms with E-state index in [2.05, 4.69) is 5.32 Å². The Balaban J connectivity index is 2.86. The second-order valence-corrected chi connectivity index (χ2v) is 3.12. The highest BCUT2D eigenvalue weighted by atomic mass is 16.6. The molecule has 0 atom stereocenters. The van der Waals surface area contributed by atoms with Gasteiger partial charge in [0.2, 0.25) is 5.91 Å². The first-order valence-corrected chi connectivity index (χ1v) is 4.59. The van der Waals surface area contributed by atoms with Gasteiger partial charge in [0.25, 0.3) is 0 Å². The Bertz CT molecular complexity index is 537. The van der Waals surface area contributed by atoms with Crippen molar-refractivity contribution in [3.8, 4) is 5.75 Å². The van der Waals surface area contributed by atoms with Crippen molar-refractivity contribution >= 4 is 23.3 Å². The summed E-state index contributed by atoms with van der Waals surface area (Å²) in [7, 11) is 0. The van der Waals surface area contributed by atoms with Crippen molar-refractivity contribution in [3.05, 3.63) is 40.5 Å². The third kappa shape index (κ3) is 3.59. The normalized spacial score (nSPS) is 10.2. The van der Waals surface area contributed by atoms with Crippen LogP contribution in [-0.4, -0.2) is 27.0 Å². The van der Waals surface area contributed by atoms with Gasteiger partial charge in [0, 0.05) is 23.9 Å². The first kappa shape index (κ1) is 13.2. The number of hydrogen-bond donors (Lipinski definition) is 3. The molecule has 0 aromatic heterocycles. The predicted molar refractivity (Wildman–Crippen MR) is 60.2 cm³/mol. The van der Waals surface area contributed by atoms with Gasteiger partial charge in [-0.1, -0.05) is 0 Å². The van der Waals surface area contributed by atoms with E-state index in [0.717, 1.165) is 18.2 Å². The molecule has 94 valence electrons. The number of benzene rings is 1. The van der Waals surface area contributed by atoms with Gasteiger partial charge < -0.3 is 15.5 Å². The Kier molecular flexibility index (Phi) is 3.98. The lowest BCUT2D eigenvalue weighted by Gasteiger charge is -2.02. The minimum Gasteiger partial charge on any atom is -0.502 e. The molecule has 1 amide bonds. The zero-order valence-corrected chi connectivity index (χ0v) is 8.86. The van der Waals surface area contributed by atoms with Gasteiger partial charge >= 0.3 is 11.7 Å².